The molecule has 1 heterocycles. The predicted molar refractivity (Wildman–Crippen MR) is 78.3 cm³/mol. The fraction of sp³-hybridized carbons (Fsp3) is 0.600. The van der Waals surface area contributed by atoms with Gasteiger partial charge in [0.25, 0.3) is 0 Å². The highest BCUT2D eigenvalue weighted by molar-refractivity contribution is 9.12. The second-order valence-electron chi connectivity index (χ2n) is 4.27. The molecule has 2 atom stereocenters. The zero-order valence-electron chi connectivity index (χ0n) is 9.40. The summed E-state index contributed by atoms with van der Waals surface area (Å²) in [6.45, 7) is 0. The van der Waals surface area contributed by atoms with Gasteiger partial charge in [-0.05, 0) is 50.8 Å². The first-order valence-electron chi connectivity index (χ1n) is 5.55. The smallest absolute Gasteiger partial charge is 0.242 e. The average Bonchev–Trinajstić information content (AvgIpc) is 2.62. The third-order valence-electron chi connectivity index (χ3n) is 2.95. The van der Waals surface area contributed by atoms with E-state index in [1.807, 2.05) is 0 Å². The topological polar surface area (TPSA) is 66.4 Å². The number of sulfonamides is 1. The van der Waals surface area contributed by atoms with Crippen LogP contribution >= 0.6 is 43.2 Å². The normalized spacial score (nSPS) is 25.3. The van der Waals surface area contributed by atoms with Crippen LogP contribution in [0, 0.1) is 0 Å². The summed E-state index contributed by atoms with van der Waals surface area (Å²) in [5, 5.41) is 9.81. The molecule has 0 amide bonds. The molecule has 4 nitrogen and oxygen atoms in total. The number of halogens is 2. The highest BCUT2D eigenvalue weighted by Gasteiger charge is 2.29. The van der Waals surface area contributed by atoms with Gasteiger partial charge in [0.2, 0.25) is 10.0 Å². The number of aliphatic hydroxyl groups is 1. The maximum absolute atomic E-state index is 12.2. The lowest BCUT2D eigenvalue weighted by Gasteiger charge is -2.27. The van der Waals surface area contributed by atoms with E-state index in [2.05, 4.69) is 36.6 Å². The molecule has 2 N–H and O–H groups in total. The zero-order chi connectivity index (χ0) is 13.3. The second kappa shape index (κ2) is 5.88. The van der Waals surface area contributed by atoms with Crippen LogP contribution in [-0.4, -0.2) is 25.7 Å². The monoisotopic (exact) mass is 417 g/mol. The minimum Gasteiger partial charge on any atom is -0.391 e. The Kier molecular flexibility index (Phi) is 4.88. The number of aliphatic hydroxyl groups excluding tert-OH is 1. The molecule has 18 heavy (non-hydrogen) atoms. The van der Waals surface area contributed by atoms with Gasteiger partial charge in [-0.15, -0.1) is 11.3 Å². The van der Waals surface area contributed by atoms with E-state index in [9.17, 15) is 13.5 Å². The lowest BCUT2D eigenvalue weighted by molar-refractivity contribution is 0.101. The van der Waals surface area contributed by atoms with E-state index in [1.165, 1.54) is 11.3 Å². The molecule has 1 saturated carbocycles. The van der Waals surface area contributed by atoms with Gasteiger partial charge in [-0.2, -0.15) is 0 Å². The Balaban J connectivity index is 2.19. The first kappa shape index (κ1) is 14.9. The van der Waals surface area contributed by atoms with Crippen LogP contribution in [0.5, 0.6) is 0 Å². The number of nitrogens with one attached hydrogen (secondary N) is 1. The van der Waals surface area contributed by atoms with Crippen LogP contribution in [0.2, 0.25) is 0 Å². The Morgan fingerprint density at radius 2 is 2.00 bits per heavy atom. The lowest BCUT2D eigenvalue weighted by atomic mass is 9.93. The Morgan fingerprint density at radius 1 is 1.33 bits per heavy atom. The van der Waals surface area contributed by atoms with E-state index < -0.39 is 16.1 Å². The van der Waals surface area contributed by atoms with E-state index in [0.717, 1.165) is 16.6 Å². The molecule has 0 spiro atoms. The summed E-state index contributed by atoms with van der Waals surface area (Å²) in [4.78, 5) is 0.220. The van der Waals surface area contributed by atoms with Gasteiger partial charge in [0, 0.05) is 6.04 Å². The van der Waals surface area contributed by atoms with Crippen molar-refractivity contribution in [1.82, 2.24) is 4.72 Å². The summed E-state index contributed by atoms with van der Waals surface area (Å²) in [7, 11) is -3.58. The molecule has 1 aliphatic rings. The highest BCUT2D eigenvalue weighted by Crippen LogP contribution is 2.35. The van der Waals surface area contributed by atoms with Gasteiger partial charge in [-0.1, -0.05) is 12.8 Å². The maximum Gasteiger partial charge on any atom is 0.242 e. The second-order valence-corrected chi connectivity index (χ2v) is 9.70. The van der Waals surface area contributed by atoms with Crippen LogP contribution in [0.15, 0.2) is 18.5 Å². The maximum atomic E-state index is 12.2. The van der Waals surface area contributed by atoms with Crippen LogP contribution in [0.1, 0.15) is 25.7 Å². The lowest BCUT2D eigenvalue weighted by Crippen LogP contribution is -2.44. The molecule has 1 aromatic heterocycles. The zero-order valence-corrected chi connectivity index (χ0v) is 14.2. The van der Waals surface area contributed by atoms with Crippen molar-refractivity contribution < 1.29 is 13.5 Å². The number of thiophene rings is 1. The van der Waals surface area contributed by atoms with E-state index in [4.69, 9.17) is 0 Å². The van der Waals surface area contributed by atoms with Crippen LogP contribution < -0.4 is 4.72 Å². The van der Waals surface area contributed by atoms with Crippen molar-refractivity contribution in [2.24, 2.45) is 0 Å². The van der Waals surface area contributed by atoms with Crippen molar-refractivity contribution in [2.45, 2.75) is 42.7 Å². The largest absolute Gasteiger partial charge is 0.391 e. The first-order chi connectivity index (χ1) is 8.40. The van der Waals surface area contributed by atoms with Gasteiger partial charge in [0.05, 0.1) is 13.7 Å². The third kappa shape index (κ3) is 3.34. The fourth-order valence-electron chi connectivity index (χ4n) is 2.02. The molecule has 1 fully saturated rings. The van der Waals surface area contributed by atoms with Crippen molar-refractivity contribution in [3.05, 3.63) is 13.6 Å². The molecule has 0 radical (unpaired) electrons. The average molecular weight is 419 g/mol. The molecule has 2 unspecified atom stereocenters. The SMILES string of the molecule is O=S(=O)(NC1CCCCC1O)c1cc(Br)sc1Br. The van der Waals surface area contributed by atoms with Gasteiger partial charge >= 0.3 is 0 Å². The van der Waals surface area contributed by atoms with Crippen molar-refractivity contribution >= 4 is 53.2 Å². The van der Waals surface area contributed by atoms with Crippen molar-refractivity contribution in [2.75, 3.05) is 0 Å². The van der Waals surface area contributed by atoms with Crippen LogP contribution in [0.3, 0.4) is 0 Å². The molecule has 8 heteroatoms. The molecule has 0 bridgehead atoms. The van der Waals surface area contributed by atoms with E-state index in [-0.39, 0.29) is 10.9 Å². The predicted octanol–water partition coefficient (Wildman–Crippen LogP) is 2.85. The fourth-order valence-corrected chi connectivity index (χ4v) is 7.14. The molecule has 2 rings (SSSR count). The number of rotatable bonds is 3. The molecule has 0 aliphatic heterocycles. The summed E-state index contributed by atoms with van der Waals surface area (Å²) in [5.41, 5.74) is 0. The molecular formula is C10H13Br2NO3S2. The Hall–Kier alpha value is 0.530. The van der Waals surface area contributed by atoms with E-state index in [0.29, 0.717) is 16.6 Å². The third-order valence-corrected chi connectivity index (χ3v) is 7.20. The van der Waals surface area contributed by atoms with Crippen molar-refractivity contribution in [1.29, 1.82) is 0 Å². The van der Waals surface area contributed by atoms with Gasteiger partial charge in [-0.3, -0.25) is 0 Å². The quantitative estimate of drug-likeness (QED) is 0.792. The summed E-state index contributed by atoms with van der Waals surface area (Å²) >= 11 is 7.81. The van der Waals surface area contributed by atoms with Crippen molar-refractivity contribution in [3.8, 4) is 0 Å². The van der Waals surface area contributed by atoms with Gasteiger partial charge < -0.3 is 5.11 Å². The van der Waals surface area contributed by atoms with Crippen LogP contribution in [0.4, 0.5) is 0 Å². The summed E-state index contributed by atoms with van der Waals surface area (Å²) in [6.07, 6.45) is 2.64. The van der Waals surface area contributed by atoms with Crippen molar-refractivity contribution in [3.63, 3.8) is 0 Å². The Morgan fingerprint density at radius 3 is 2.56 bits per heavy atom. The molecule has 1 aliphatic carbocycles. The number of hydrogen-bond donors (Lipinski definition) is 2. The molecule has 0 aromatic carbocycles. The standard InChI is InChI=1S/C10H13Br2NO3S2/c11-9-5-8(10(12)17-9)18(15,16)13-6-3-1-2-4-7(6)14/h5-7,13-14H,1-4H2. The first-order valence-corrected chi connectivity index (χ1v) is 9.44. The summed E-state index contributed by atoms with van der Waals surface area (Å²) in [6, 6.07) is 1.18. The van der Waals surface area contributed by atoms with Crippen LogP contribution in [-0.2, 0) is 10.0 Å². The number of hydrogen-bond acceptors (Lipinski definition) is 4. The molecular weight excluding hydrogens is 406 g/mol. The van der Waals surface area contributed by atoms with E-state index in [1.54, 1.807) is 6.07 Å². The van der Waals surface area contributed by atoms with Gasteiger partial charge in [0.15, 0.2) is 0 Å². The van der Waals surface area contributed by atoms with Gasteiger partial charge in [-0.25, -0.2) is 13.1 Å². The highest BCUT2D eigenvalue weighted by atomic mass is 79.9. The minimum atomic E-state index is -3.58. The Labute approximate surface area is 127 Å². The molecule has 0 saturated heterocycles. The molecule has 1 aromatic rings. The minimum absolute atomic E-state index is 0.220. The summed E-state index contributed by atoms with van der Waals surface area (Å²) in [5.74, 6) is 0. The van der Waals surface area contributed by atoms with Crippen LogP contribution in [0.25, 0.3) is 0 Å². The summed E-state index contributed by atoms with van der Waals surface area (Å²) < 4.78 is 28.3. The molecule has 102 valence electrons. The van der Waals surface area contributed by atoms with E-state index >= 15 is 0 Å². The van der Waals surface area contributed by atoms with Gasteiger partial charge in [0.1, 0.15) is 4.90 Å². The Bertz CT molecular complexity index is 529.